The molecule has 0 bridgehead atoms. The lowest BCUT2D eigenvalue weighted by Gasteiger charge is -1.88. The lowest BCUT2D eigenvalue weighted by molar-refractivity contribution is 0.342. The van der Waals surface area contributed by atoms with E-state index in [0.29, 0.717) is 0 Å². The van der Waals surface area contributed by atoms with Gasteiger partial charge < -0.3 is 5.11 Å². The molecule has 0 fully saturated rings. The number of unbranched alkanes of at least 4 members (excludes halogenated alkanes) is 2. The fraction of sp³-hybridized carbons (Fsp3) is 0.455. The van der Waals surface area contributed by atoms with Crippen molar-refractivity contribution in [1.82, 2.24) is 0 Å². The Morgan fingerprint density at radius 3 is 2.42 bits per heavy atom. The number of allylic oxidation sites excluding steroid dienone is 4. The van der Waals surface area contributed by atoms with Gasteiger partial charge in [-0.1, -0.05) is 30.4 Å². The van der Waals surface area contributed by atoms with Crippen molar-refractivity contribution in [2.75, 3.05) is 6.61 Å². The predicted octanol–water partition coefficient (Wildman–Crippen LogP) is 2.84. The van der Waals surface area contributed by atoms with Crippen molar-refractivity contribution in [3.8, 4) is 0 Å². The second-order valence-electron chi connectivity index (χ2n) is 2.58. The van der Waals surface area contributed by atoms with E-state index in [9.17, 15) is 0 Å². The lowest BCUT2D eigenvalue weighted by atomic mass is 10.2. The van der Waals surface area contributed by atoms with Crippen LogP contribution in [0.2, 0.25) is 0 Å². The average Bonchev–Trinajstić information content (AvgIpc) is 2.10. The van der Waals surface area contributed by atoms with Crippen molar-refractivity contribution in [2.45, 2.75) is 25.7 Å². The lowest BCUT2D eigenvalue weighted by Crippen LogP contribution is -1.70. The molecule has 0 radical (unpaired) electrons. The number of aliphatic hydroxyl groups excluding tert-OH is 1. The summed E-state index contributed by atoms with van der Waals surface area (Å²) in [5, 5.41) is 8.42. The molecule has 68 valence electrons. The van der Waals surface area contributed by atoms with Gasteiger partial charge in [0.05, 0.1) is 6.61 Å². The molecule has 0 atom stereocenters. The summed E-state index contributed by atoms with van der Waals surface area (Å²) in [4.78, 5) is 0. The molecule has 0 aliphatic carbocycles. The summed E-state index contributed by atoms with van der Waals surface area (Å²) < 4.78 is 0. The molecular formula is C11H18O. The van der Waals surface area contributed by atoms with Crippen molar-refractivity contribution in [2.24, 2.45) is 0 Å². The van der Waals surface area contributed by atoms with E-state index < -0.39 is 0 Å². The van der Waals surface area contributed by atoms with Crippen molar-refractivity contribution >= 4 is 0 Å². The Labute approximate surface area is 75.1 Å². The van der Waals surface area contributed by atoms with Gasteiger partial charge in [-0.05, 0) is 25.7 Å². The van der Waals surface area contributed by atoms with Crippen LogP contribution >= 0.6 is 0 Å². The summed E-state index contributed by atoms with van der Waals surface area (Å²) in [6, 6.07) is 0. The Balaban J connectivity index is 3.13. The molecule has 0 rings (SSSR count). The van der Waals surface area contributed by atoms with Crippen molar-refractivity contribution in [3.05, 3.63) is 37.0 Å². The zero-order valence-corrected chi connectivity index (χ0v) is 7.58. The molecule has 1 N–H and O–H groups in total. The van der Waals surface area contributed by atoms with E-state index >= 15 is 0 Å². The molecule has 0 aromatic rings. The van der Waals surface area contributed by atoms with E-state index in [4.69, 9.17) is 5.11 Å². The molecule has 0 saturated heterocycles. The highest BCUT2D eigenvalue weighted by molar-refractivity contribution is 4.92. The van der Waals surface area contributed by atoms with Gasteiger partial charge in [0.15, 0.2) is 0 Å². The Bertz CT molecular complexity index is 145. The first-order chi connectivity index (χ1) is 5.91. The number of aliphatic hydroxyl groups is 1. The summed E-state index contributed by atoms with van der Waals surface area (Å²) in [5.41, 5.74) is 0. The minimum absolute atomic E-state index is 0.143. The topological polar surface area (TPSA) is 20.2 Å². The fourth-order valence-corrected chi connectivity index (χ4v) is 0.843. The summed E-state index contributed by atoms with van der Waals surface area (Å²) in [6.45, 7) is 3.80. The van der Waals surface area contributed by atoms with Crippen LogP contribution in [-0.4, -0.2) is 11.7 Å². The molecular weight excluding hydrogens is 148 g/mol. The van der Waals surface area contributed by atoms with E-state index in [0.717, 1.165) is 19.3 Å². The highest BCUT2D eigenvalue weighted by Gasteiger charge is 1.78. The van der Waals surface area contributed by atoms with Gasteiger partial charge in [0.2, 0.25) is 0 Å². The van der Waals surface area contributed by atoms with E-state index in [-0.39, 0.29) is 6.61 Å². The van der Waals surface area contributed by atoms with Crippen molar-refractivity contribution in [3.63, 3.8) is 0 Å². The Kier molecular flexibility index (Phi) is 9.48. The fourth-order valence-electron chi connectivity index (χ4n) is 0.843. The zero-order chi connectivity index (χ0) is 9.07. The Hall–Kier alpha value is -0.820. The first-order valence-electron chi connectivity index (χ1n) is 4.43. The molecule has 1 nitrogen and oxygen atoms in total. The molecule has 0 aromatic heterocycles. The quantitative estimate of drug-likeness (QED) is 0.455. The summed E-state index contributed by atoms with van der Waals surface area (Å²) in [7, 11) is 0. The predicted molar refractivity (Wildman–Crippen MR) is 54.0 cm³/mol. The third kappa shape index (κ3) is 9.18. The normalized spacial score (nSPS) is 11.4. The number of hydrogen-bond donors (Lipinski definition) is 1. The van der Waals surface area contributed by atoms with Crippen LogP contribution in [0.1, 0.15) is 25.7 Å². The first kappa shape index (κ1) is 11.2. The van der Waals surface area contributed by atoms with Gasteiger partial charge in [0.1, 0.15) is 0 Å². The number of rotatable bonds is 7. The largest absolute Gasteiger partial charge is 0.392 e. The molecule has 0 unspecified atom stereocenters. The molecule has 12 heavy (non-hydrogen) atoms. The van der Waals surface area contributed by atoms with Gasteiger partial charge in [0.25, 0.3) is 0 Å². The van der Waals surface area contributed by atoms with Gasteiger partial charge in [-0.2, -0.15) is 0 Å². The summed E-state index contributed by atoms with van der Waals surface area (Å²) >= 11 is 0. The second kappa shape index (κ2) is 10.2. The van der Waals surface area contributed by atoms with Gasteiger partial charge in [-0.3, -0.25) is 0 Å². The van der Waals surface area contributed by atoms with Crippen molar-refractivity contribution < 1.29 is 5.11 Å². The van der Waals surface area contributed by atoms with Crippen LogP contribution in [0.4, 0.5) is 0 Å². The van der Waals surface area contributed by atoms with Gasteiger partial charge in [-0.25, -0.2) is 0 Å². The zero-order valence-electron chi connectivity index (χ0n) is 7.58. The molecule has 0 aromatic carbocycles. The molecule has 0 aliphatic heterocycles. The summed E-state index contributed by atoms with van der Waals surface area (Å²) in [5.74, 6) is 0. The smallest absolute Gasteiger partial charge is 0.0612 e. The van der Waals surface area contributed by atoms with Crippen LogP contribution in [-0.2, 0) is 0 Å². The van der Waals surface area contributed by atoms with E-state index in [1.165, 1.54) is 6.42 Å². The monoisotopic (exact) mass is 166 g/mol. The first-order valence-corrected chi connectivity index (χ1v) is 4.43. The number of hydrogen-bond acceptors (Lipinski definition) is 1. The molecule has 0 aliphatic rings. The van der Waals surface area contributed by atoms with Crippen LogP contribution in [0, 0.1) is 0 Å². The van der Waals surface area contributed by atoms with Gasteiger partial charge in [-0.15, -0.1) is 6.58 Å². The van der Waals surface area contributed by atoms with Crippen LogP contribution in [0.15, 0.2) is 37.0 Å². The third-order valence-electron chi connectivity index (χ3n) is 1.49. The van der Waals surface area contributed by atoms with E-state index in [1.807, 2.05) is 12.2 Å². The van der Waals surface area contributed by atoms with Crippen molar-refractivity contribution in [1.29, 1.82) is 0 Å². The molecule has 0 amide bonds. The highest BCUT2D eigenvalue weighted by atomic mass is 16.2. The average molecular weight is 166 g/mol. The second-order valence-corrected chi connectivity index (χ2v) is 2.58. The molecule has 0 saturated carbocycles. The van der Waals surface area contributed by atoms with Crippen LogP contribution < -0.4 is 0 Å². The molecule has 0 spiro atoms. The minimum atomic E-state index is 0.143. The summed E-state index contributed by atoms with van der Waals surface area (Å²) in [6.07, 6.45) is 14.3. The maximum Gasteiger partial charge on any atom is 0.0612 e. The van der Waals surface area contributed by atoms with Gasteiger partial charge >= 0.3 is 0 Å². The van der Waals surface area contributed by atoms with Crippen LogP contribution in [0.5, 0.6) is 0 Å². The highest BCUT2D eigenvalue weighted by Crippen LogP contribution is 1.97. The SMILES string of the molecule is C=CCCCC=CCC=CCO. The maximum atomic E-state index is 8.42. The Morgan fingerprint density at radius 2 is 1.75 bits per heavy atom. The third-order valence-corrected chi connectivity index (χ3v) is 1.49. The van der Waals surface area contributed by atoms with E-state index in [1.54, 1.807) is 6.08 Å². The molecule has 1 heteroatoms. The Morgan fingerprint density at radius 1 is 1.00 bits per heavy atom. The minimum Gasteiger partial charge on any atom is -0.392 e. The van der Waals surface area contributed by atoms with E-state index in [2.05, 4.69) is 18.7 Å². The molecule has 0 heterocycles. The van der Waals surface area contributed by atoms with Crippen LogP contribution in [0.3, 0.4) is 0 Å². The van der Waals surface area contributed by atoms with Gasteiger partial charge in [0, 0.05) is 0 Å². The maximum absolute atomic E-state index is 8.42. The standard InChI is InChI=1S/C11H18O/c1-2-3-4-5-6-7-8-9-10-11-12/h2,6-7,9-10,12H,1,3-5,8,11H2. The van der Waals surface area contributed by atoms with Crippen LogP contribution in [0.25, 0.3) is 0 Å².